The van der Waals surface area contributed by atoms with E-state index in [1.54, 1.807) is 6.07 Å². The van der Waals surface area contributed by atoms with Crippen molar-refractivity contribution in [2.45, 2.75) is 19.1 Å². The highest BCUT2D eigenvalue weighted by atomic mass is 16.4. The monoisotopic (exact) mass is 211 g/mol. The average Bonchev–Trinajstić information content (AvgIpc) is 2.76. The fourth-order valence-corrected chi connectivity index (χ4v) is 1.75. The number of carbonyl (C=O) groups is 1. The third-order valence-corrected chi connectivity index (χ3v) is 2.50. The molecule has 0 aromatic carbocycles. The number of furan rings is 1. The second-order valence-electron chi connectivity index (χ2n) is 3.75. The smallest absolute Gasteiger partial charge is 0.371 e. The van der Waals surface area contributed by atoms with Crippen LogP contribution in [0.5, 0.6) is 0 Å². The molecule has 0 bridgehead atoms. The highest BCUT2D eigenvalue weighted by Crippen LogP contribution is 2.15. The van der Waals surface area contributed by atoms with Crippen molar-refractivity contribution < 1.29 is 19.4 Å². The zero-order valence-electron chi connectivity index (χ0n) is 8.22. The van der Waals surface area contributed by atoms with Crippen LogP contribution in [0.4, 0.5) is 0 Å². The fourth-order valence-electron chi connectivity index (χ4n) is 1.75. The molecule has 5 heteroatoms. The molecule has 0 spiro atoms. The first-order valence-electron chi connectivity index (χ1n) is 4.87. The van der Waals surface area contributed by atoms with Crippen LogP contribution in [0, 0.1) is 0 Å². The lowest BCUT2D eigenvalue weighted by Crippen LogP contribution is -2.21. The minimum Gasteiger partial charge on any atom is -0.475 e. The Morgan fingerprint density at radius 1 is 1.60 bits per heavy atom. The van der Waals surface area contributed by atoms with E-state index in [0.717, 1.165) is 13.0 Å². The zero-order chi connectivity index (χ0) is 10.8. The topological polar surface area (TPSA) is 73.9 Å². The van der Waals surface area contributed by atoms with Gasteiger partial charge in [0, 0.05) is 13.1 Å². The van der Waals surface area contributed by atoms with Gasteiger partial charge in [0.2, 0.25) is 5.76 Å². The van der Waals surface area contributed by atoms with Gasteiger partial charge >= 0.3 is 5.97 Å². The van der Waals surface area contributed by atoms with E-state index in [4.69, 9.17) is 9.52 Å². The summed E-state index contributed by atoms with van der Waals surface area (Å²) in [5, 5.41) is 18.0. The molecule has 0 radical (unpaired) electrons. The number of hydrogen-bond acceptors (Lipinski definition) is 4. The van der Waals surface area contributed by atoms with E-state index in [0.29, 0.717) is 18.8 Å². The fraction of sp³-hybridized carbons (Fsp3) is 0.500. The van der Waals surface area contributed by atoms with Crippen molar-refractivity contribution in [2.75, 3.05) is 13.1 Å². The van der Waals surface area contributed by atoms with Crippen molar-refractivity contribution in [3.63, 3.8) is 0 Å². The van der Waals surface area contributed by atoms with Crippen molar-refractivity contribution in [2.24, 2.45) is 0 Å². The van der Waals surface area contributed by atoms with E-state index in [9.17, 15) is 9.90 Å². The number of aliphatic hydroxyl groups is 1. The normalized spacial score (nSPS) is 22.1. The Hall–Kier alpha value is -1.33. The highest BCUT2D eigenvalue weighted by Gasteiger charge is 2.21. The number of aromatic carboxylic acids is 1. The quantitative estimate of drug-likeness (QED) is 0.763. The van der Waals surface area contributed by atoms with Gasteiger partial charge in [0.15, 0.2) is 0 Å². The molecule has 5 nitrogen and oxygen atoms in total. The summed E-state index contributed by atoms with van der Waals surface area (Å²) >= 11 is 0. The number of β-amino-alcohol motifs (C(OH)–C–C–N with tert-alkyl or cyclic N) is 1. The molecule has 0 amide bonds. The van der Waals surface area contributed by atoms with Crippen LogP contribution in [0.25, 0.3) is 0 Å². The van der Waals surface area contributed by atoms with Gasteiger partial charge in [-0.15, -0.1) is 0 Å². The summed E-state index contributed by atoms with van der Waals surface area (Å²) in [6.07, 6.45) is 0.505. The maximum Gasteiger partial charge on any atom is 0.371 e. The van der Waals surface area contributed by atoms with Gasteiger partial charge < -0.3 is 14.6 Å². The molecular weight excluding hydrogens is 198 g/mol. The minimum atomic E-state index is -1.05. The SMILES string of the molecule is O=C(O)c1ccc(CN2CCC(O)C2)o1. The number of likely N-dealkylation sites (tertiary alicyclic amines) is 1. The zero-order valence-corrected chi connectivity index (χ0v) is 8.22. The van der Waals surface area contributed by atoms with Crippen molar-refractivity contribution >= 4 is 5.97 Å². The number of aliphatic hydroxyl groups excluding tert-OH is 1. The van der Waals surface area contributed by atoms with Gasteiger partial charge in [-0.2, -0.15) is 0 Å². The molecule has 1 aromatic rings. The van der Waals surface area contributed by atoms with Crippen molar-refractivity contribution in [3.05, 3.63) is 23.7 Å². The molecule has 1 fully saturated rings. The number of carboxylic acid groups (broad SMARTS) is 1. The van der Waals surface area contributed by atoms with Gasteiger partial charge in [-0.1, -0.05) is 0 Å². The highest BCUT2D eigenvalue weighted by molar-refractivity contribution is 5.84. The average molecular weight is 211 g/mol. The molecule has 1 aliphatic rings. The molecule has 2 N–H and O–H groups in total. The van der Waals surface area contributed by atoms with E-state index in [1.807, 2.05) is 4.90 Å². The molecule has 2 heterocycles. The lowest BCUT2D eigenvalue weighted by Gasteiger charge is -2.12. The lowest BCUT2D eigenvalue weighted by atomic mass is 10.3. The molecule has 1 atom stereocenters. The molecule has 82 valence electrons. The van der Waals surface area contributed by atoms with Gasteiger partial charge in [0.05, 0.1) is 12.6 Å². The van der Waals surface area contributed by atoms with Crippen LogP contribution in [-0.2, 0) is 6.54 Å². The second-order valence-corrected chi connectivity index (χ2v) is 3.75. The maximum absolute atomic E-state index is 10.6. The van der Waals surface area contributed by atoms with Gasteiger partial charge in [0.1, 0.15) is 5.76 Å². The summed E-state index contributed by atoms with van der Waals surface area (Å²) in [5.41, 5.74) is 0. The molecule has 1 aliphatic heterocycles. The Kier molecular flexibility index (Phi) is 2.75. The summed E-state index contributed by atoms with van der Waals surface area (Å²) < 4.78 is 5.12. The number of nitrogens with zero attached hydrogens (tertiary/aromatic N) is 1. The maximum atomic E-state index is 10.6. The molecule has 0 aliphatic carbocycles. The summed E-state index contributed by atoms with van der Waals surface area (Å²) in [6.45, 7) is 2.01. The summed E-state index contributed by atoms with van der Waals surface area (Å²) in [4.78, 5) is 12.6. The van der Waals surface area contributed by atoms with Gasteiger partial charge in [-0.3, -0.25) is 4.90 Å². The summed E-state index contributed by atoms with van der Waals surface area (Å²) in [5.74, 6) is -0.464. The first-order chi connectivity index (χ1) is 7.15. The number of rotatable bonds is 3. The molecule has 15 heavy (non-hydrogen) atoms. The van der Waals surface area contributed by atoms with Crippen LogP contribution in [0.3, 0.4) is 0 Å². The third kappa shape index (κ3) is 2.37. The van der Waals surface area contributed by atoms with Crippen LogP contribution < -0.4 is 0 Å². The number of carboxylic acids is 1. The van der Waals surface area contributed by atoms with Crippen LogP contribution in [0.15, 0.2) is 16.5 Å². The molecular formula is C10H13NO4. The largest absolute Gasteiger partial charge is 0.475 e. The Morgan fingerprint density at radius 3 is 2.93 bits per heavy atom. The molecule has 2 rings (SSSR count). The predicted octanol–water partition coefficient (Wildman–Crippen LogP) is 0.544. The summed E-state index contributed by atoms with van der Waals surface area (Å²) in [6, 6.07) is 3.11. The standard InChI is InChI=1S/C10H13NO4/c12-7-3-4-11(5-7)6-8-1-2-9(15-8)10(13)14/h1-2,7,12H,3-6H2,(H,13,14). The van der Waals surface area contributed by atoms with Gasteiger partial charge in [0.25, 0.3) is 0 Å². The van der Waals surface area contributed by atoms with E-state index >= 15 is 0 Å². The Labute approximate surface area is 86.9 Å². The Morgan fingerprint density at radius 2 is 2.40 bits per heavy atom. The van der Waals surface area contributed by atoms with Crippen molar-refractivity contribution in [1.82, 2.24) is 4.90 Å². The Bertz CT molecular complexity index is 360. The van der Waals surface area contributed by atoms with Crippen LogP contribution in [0.2, 0.25) is 0 Å². The first-order valence-corrected chi connectivity index (χ1v) is 4.87. The van der Waals surface area contributed by atoms with Crippen molar-refractivity contribution in [1.29, 1.82) is 0 Å². The first kappa shape index (κ1) is 10.2. The Balaban J connectivity index is 1.96. The number of hydrogen-bond donors (Lipinski definition) is 2. The predicted molar refractivity (Wildman–Crippen MR) is 51.6 cm³/mol. The van der Waals surface area contributed by atoms with E-state index in [-0.39, 0.29) is 11.9 Å². The third-order valence-electron chi connectivity index (χ3n) is 2.50. The lowest BCUT2D eigenvalue weighted by molar-refractivity contribution is 0.0658. The van der Waals surface area contributed by atoms with Crippen molar-refractivity contribution in [3.8, 4) is 0 Å². The van der Waals surface area contributed by atoms with Gasteiger partial charge in [-0.25, -0.2) is 4.79 Å². The minimum absolute atomic E-state index is 0.0373. The second kappa shape index (κ2) is 4.04. The van der Waals surface area contributed by atoms with Crippen LogP contribution >= 0.6 is 0 Å². The van der Waals surface area contributed by atoms with Crippen LogP contribution in [-0.4, -0.2) is 40.3 Å². The molecule has 1 unspecified atom stereocenters. The van der Waals surface area contributed by atoms with Crippen LogP contribution in [0.1, 0.15) is 22.7 Å². The molecule has 1 saturated heterocycles. The van der Waals surface area contributed by atoms with E-state index < -0.39 is 5.97 Å². The molecule has 1 aromatic heterocycles. The van der Waals surface area contributed by atoms with Gasteiger partial charge in [-0.05, 0) is 18.6 Å². The molecule has 0 saturated carbocycles. The van der Waals surface area contributed by atoms with E-state index in [1.165, 1.54) is 6.07 Å². The van der Waals surface area contributed by atoms with E-state index in [2.05, 4.69) is 0 Å². The summed E-state index contributed by atoms with van der Waals surface area (Å²) in [7, 11) is 0.